The Bertz CT molecular complexity index is 343. The maximum atomic E-state index is 12.0. The largest absolute Gasteiger partial charge is 0.356 e. The molecule has 1 saturated heterocycles. The van der Waals surface area contributed by atoms with Crippen molar-refractivity contribution in [2.24, 2.45) is 11.5 Å². The van der Waals surface area contributed by atoms with E-state index in [9.17, 15) is 9.59 Å². The molecule has 134 valence electrons. The van der Waals surface area contributed by atoms with Gasteiger partial charge in [-0.1, -0.05) is 12.8 Å². The summed E-state index contributed by atoms with van der Waals surface area (Å²) < 4.78 is 0. The number of nitrogens with zero attached hydrogens (tertiary/aromatic N) is 1. The van der Waals surface area contributed by atoms with Gasteiger partial charge < -0.3 is 21.7 Å². The molecule has 1 heterocycles. The van der Waals surface area contributed by atoms with Gasteiger partial charge in [0, 0.05) is 26.1 Å². The second kappa shape index (κ2) is 12.3. The van der Waals surface area contributed by atoms with Crippen LogP contribution in [0.4, 0.5) is 0 Å². The van der Waals surface area contributed by atoms with Gasteiger partial charge in [-0.3, -0.25) is 9.59 Å². The molecule has 1 fully saturated rings. The van der Waals surface area contributed by atoms with Gasteiger partial charge in [0.25, 0.3) is 0 Å². The summed E-state index contributed by atoms with van der Waals surface area (Å²) in [6.45, 7) is 3.11. The molecule has 2 amide bonds. The molecule has 0 aromatic carbocycles. The molecule has 0 radical (unpaired) electrons. The Balaban J connectivity index is 1.95. The minimum Gasteiger partial charge on any atom is -0.356 e. The number of nitrogens with one attached hydrogen (secondary N) is 1. The summed E-state index contributed by atoms with van der Waals surface area (Å²) in [7, 11) is 0. The van der Waals surface area contributed by atoms with Gasteiger partial charge in [-0.2, -0.15) is 0 Å². The first-order chi connectivity index (χ1) is 11.1. The van der Waals surface area contributed by atoms with Crippen LogP contribution in [0.25, 0.3) is 0 Å². The molecule has 6 nitrogen and oxygen atoms in total. The summed E-state index contributed by atoms with van der Waals surface area (Å²) in [5, 5.41) is 2.93. The van der Waals surface area contributed by atoms with Gasteiger partial charge in [0.05, 0.1) is 6.04 Å². The molecule has 23 heavy (non-hydrogen) atoms. The number of hydrogen-bond donors (Lipinski definition) is 3. The highest BCUT2D eigenvalue weighted by Gasteiger charge is 2.22. The minimum absolute atomic E-state index is 0.0871. The molecule has 5 N–H and O–H groups in total. The lowest BCUT2D eigenvalue weighted by molar-refractivity contribution is -0.131. The molecule has 6 heteroatoms. The predicted octanol–water partition coefficient (Wildman–Crippen LogP) is 1.13. The zero-order valence-electron chi connectivity index (χ0n) is 14.4. The van der Waals surface area contributed by atoms with Crippen molar-refractivity contribution in [3.63, 3.8) is 0 Å². The molecule has 0 spiro atoms. The average molecular weight is 326 g/mol. The lowest BCUT2D eigenvalue weighted by Crippen LogP contribution is -2.42. The van der Waals surface area contributed by atoms with Gasteiger partial charge in [-0.25, -0.2) is 0 Å². The van der Waals surface area contributed by atoms with Crippen LogP contribution >= 0.6 is 0 Å². The summed E-state index contributed by atoms with van der Waals surface area (Å²) in [6, 6.07) is -0.383. The third kappa shape index (κ3) is 8.91. The highest BCUT2D eigenvalue weighted by molar-refractivity contribution is 5.81. The van der Waals surface area contributed by atoms with E-state index in [-0.39, 0.29) is 17.9 Å². The van der Waals surface area contributed by atoms with E-state index in [1.165, 1.54) is 0 Å². The third-order valence-corrected chi connectivity index (χ3v) is 4.36. The lowest BCUT2D eigenvalue weighted by Gasteiger charge is -2.20. The van der Waals surface area contributed by atoms with Gasteiger partial charge in [-0.15, -0.1) is 0 Å². The molecule has 0 aliphatic carbocycles. The molecular formula is C17H34N4O2. The fraction of sp³-hybridized carbons (Fsp3) is 0.882. The summed E-state index contributed by atoms with van der Waals surface area (Å²) in [5.74, 6) is 0.208. The summed E-state index contributed by atoms with van der Waals surface area (Å²) in [5.41, 5.74) is 11.4. The van der Waals surface area contributed by atoms with Crippen LogP contribution in [0.1, 0.15) is 64.2 Å². The number of carbonyl (C=O) groups excluding carboxylic acids is 2. The highest BCUT2D eigenvalue weighted by Crippen LogP contribution is 2.10. The first-order valence-electron chi connectivity index (χ1n) is 9.16. The zero-order chi connectivity index (χ0) is 16.9. The van der Waals surface area contributed by atoms with Crippen LogP contribution in [0, 0.1) is 0 Å². The first kappa shape index (κ1) is 19.9. The fourth-order valence-corrected chi connectivity index (χ4v) is 2.88. The normalized spacial score (nSPS) is 15.7. The smallest absolute Gasteiger partial charge is 0.239 e. The Morgan fingerprint density at radius 2 is 1.70 bits per heavy atom. The minimum atomic E-state index is -0.383. The van der Waals surface area contributed by atoms with E-state index in [4.69, 9.17) is 11.5 Å². The first-order valence-corrected chi connectivity index (χ1v) is 9.16. The van der Waals surface area contributed by atoms with Crippen molar-refractivity contribution >= 4 is 11.8 Å². The van der Waals surface area contributed by atoms with Crippen LogP contribution in [0.2, 0.25) is 0 Å². The number of carbonyl (C=O) groups is 2. The lowest BCUT2D eigenvalue weighted by atomic mass is 10.1. The fourth-order valence-electron chi connectivity index (χ4n) is 2.88. The second-order valence-corrected chi connectivity index (χ2v) is 6.44. The molecule has 0 aromatic rings. The number of amides is 2. The van der Waals surface area contributed by atoms with E-state index < -0.39 is 0 Å². The average Bonchev–Trinajstić information content (AvgIpc) is 3.07. The van der Waals surface area contributed by atoms with E-state index in [0.717, 1.165) is 71.0 Å². The van der Waals surface area contributed by atoms with Crippen LogP contribution in [0.5, 0.6) is 0 Å². The van der Waals surface area contributed by atoms with Crippen molar-refractivity contribution < 1.29 is 9.59 Å². The molecule has 1 aliphatic rings. The number of nitrogens with two attached hydrogens (primary N) is 2. The SMILES string of the molecule is NCCCCCCC(=O)NCCCC[C@H](N)C(=O)N1CCCC1. The van der Waals surface area contributed by atoms with Crippen LogP contribution in [-0.4, -0.2) is 48.9 Å². The number of hydrogen-bond acceptors (Lipinski definition) is 4. The van der Waals surface area contributed by atoms with Crippen molar-refractivity contribution in [2.75, 3.05) is 26.2 Å². The number of rotatable bonds is 12. The summed E-state index contributed by atoms with van der Waals surface area (Å²) in [4.78, 5) is 25.5. The molecule has 0 unspecified atom stereocenters. The van der Waals surface area contributed by atoms with Crippen LogP contribution < -0.4 is 16.8 Å². The second-order valence-electron chi connectivity index (χ2n) is 6.44. The molecular weight excluding hydrogens is 292 g/mol. The van der Waals surface area contributed by atoms with Crippen molar-refractivity contribution in [2.45, 2.75) is 70.3 Å². The van der Waals surface area contributed by atoms with Crippen LogP contribution in [0.3, 0.4) is 0 Å². The van der Waals surface area contributed by atoms with Gasteiger partial charge >= 0.3 is 0 Å². The highest BCUT2D eigenvalue weighted by atomic mass is 16.2. The Labute approximate surface area is 140 Å². The van der Waals surface area contributed by atoms with Gasteiger partial charge in [0.2, 0.25) is 11.8 Å². The van der Waals surface area contributed by atoms with E-state index >= 15 is 0 Å². The number of likely N-dealkylation sites (tertiary alicyclic amines) is 1. The predicted molar refractivity (Wildman–Crippen MR) is 92.8 cm³/mol. The summed E-state index contributed by atoms with van der Waals surface area (Å²) in [6.07, 6.45) is 9.37. The van der Waals surface area contributed by atoms with E-state index in [0.29, 0.717) is 19.4 Å². The molecule has 0 bridgehead atoms. The Hall–Kier alpha value is -1.14. The third-order valence-electron chi connectivity index (χ3n) is 4.36. The van der Waals surface area contributed by atoms with Gasteiger partial charge in [0.15, 0.2) is 0 Å². The maximum absolute atomic E-state index is 12.0. The van der Waals surface area contributed by atoms with Crippen LogP contribution in [0.15, 0.2) is 0 Å². The molecule has 0 aromatic heterocycles. The van der Waals surface area contributed by atoms with E-state index in [2.05, 4.69) is 5.32 Å². The van der Waals surface area contributed by atoms with Crippen molar-refractivity contribution in [1.29, 1.82) is 0 Å². The van der Waals surface area contributed by atoms with Crippen molar-refractivity contribution in [1.82, 2.24) is 10.2 Å². The maximum Gasteiger partial charge on any atom is 0.239 e. The quantitative estimate of drug-likeness (QED) is 0.468. The molecule has 1 aliphatic heterocycles. The topological polar surface area (TPSA) is 101 Å². The van der Waals surface area contributed by atoms with Gasteiger partial charge in [-0.05, 0) is 51.5 Å². The standard InChI is InChI=1S/C17H34N4O2/c18-11-5-2-1-3-10-16(22)20-12-6-4-9-15(19)17(23)21-13-7-8-14-21/h15H,1-14,18-19H2,(H,20,22)/t15-/m0/s1. The van der Waals surface area contributed by atoms with Crippen LogP contribution in [-0.2, 0) is 9.59 Å². The zero-order valence-corrected chi connectivity index (χ0v) is 14.4. The number of unbranched alkanes of at least 4 members (excludes halogenated alkanes) is 4. The Morgan fingerprint density at radius 1 is 1.00 bits per heavy atom. The Kier molecular flexibility index (Phi) is 10.6. The van der Waals surface area contributed by atoms with Gasteiger partial charge in [0.1, 0.15) is 0 Å². The summed E-state index contributed by atoms with van der Waals surface area (Å²) >= 11 is 0. The van der Waals surface area contributed by atoms with E-state index in [1.807, 2.05) is 4.90 Å². The molecule has 1 atom stereocenters. The molecule has 1 rings (SSSR count). The van der Waals surface area contributed by atoms with E-state index in [1.54, 1.807) is 0 Å². The van der Waals surface area contributed by atoms with Crippen molar-refractivity contribution in [3.05, 3.63) is 0 Å². The molecule has 0 saturated carbocycles. The Morgan fingerprint density at radius 3 is 2.39 bits per heavy atom. The van der Waals surface area contributed by atoms with Crippen molar-refractivity contribution in [3.8, 4) is 0 Å². The monoisotopic (exact) mass is 326 g/mol.